The van der Waals surface area contributed by atoms with Crippen LogP contribution >= 0.6 is 0 Å². The average Bonchev–Trinajstić information content (AvgIpc) is 3.09. The first-order chi connectivity index (χ1) is 10.9. The fourth-order valence-corrected chi connectivity index (χ4v) is 2.44. The third-order valence-electron chi connectivity index (χ3n) is 3.45. The molecular formula is C19H19NO2. The molecule has 1 atom stereocenters. The summed E-state index contributed by atoms with van der Waals surface area (Å²) >= 11 is 0. The standard InChI is InChI=1S/C19H19NO2/c1-2-21-17-12-7-6-11-16(17)20-19(18-13-8-14-22-18)15-9-4-3-5-10-15/h3-14,19-20H,2H2,1H3. The van der Waals surface area contributed by atoms with E-state index in [-0.39, 0.29) is 6.04 Å². The summed E-state index contributed by atoms with van der Waals surface area (Å²) in [5.74, 6) is 1.72. The van der Waals surface area contributed by atoms with Crippen LogP contribution in [0.25, 0.3) is 0 Å². The molecule has 2 aromatic carbocycles. The molecule has 1 heterocycles. The van der Waals surface area contributed by atoms with Gasteiger partial charge < -0.3 is 14.5 Å². The second kappa shape index (κ2) is 6.85. The molecule has 1 N–H and O–H groups in total. The lowest BCUT2D eigenvalue weighted by atomic mass is 10.0. The van der Waals surface area contributed by atoms with E-state index >= 15 is 0 Å². The van der Waals surface area contributed by atoms with Gasteiger partial charge in [0.25, 0.3) is 0 Å². The summed E-state index contributed by atoms with van der Waals surface area (Å²) in [7, 11) is 0. The maximum absolute atomic E-state index is 5.70. The first-order valence-corrected chi connectivity index (χ1v) is 7.45. The lowest BCUT2D eigenvalue weighted by Crippen LogP contribution is -2.12. The van der Waals surface area contributed by atoms with Gasteiger partial charge in [0.15, 0.2) is 0 Å². The van der Waals surface area contributed by atoms with Gasteiger partial charge in [-0.1, -0.05) is 42.5 Å². The predicted molar refractivity (Wildman–Crippen MR) is 88.2 cm³/mol. The Bertz CT molecular complexity index is 692. The number of hydrogen-bond donors (Lipinski definition) is 1. The van der Waals surface area contributed by atoms with Gasteiger partial charge in [-0.15, -0.1) is 0 Å². The van der Waals surface area contributed by atoms with Crippen LogP contribution in [0.2, 0.25) is 0 Å². The molecule has 3 aromatic rings. The number of anilines is 1. The van der Waals surface area contributed by atoms with Crippen LogP contribution in [0.1, 0.15) is 24.3 Å². The van der Waals surface area contributed by atoms with Crippen LogP contribution in [0.15, 0.2) is 77.4 Å². The first-order valence-electron chi connectivity index (χ1n) is 7.45. The molecule has 3 nitrogen and oxygen atoms in total. The van der Waals surface area contributed by atoms with Crippen molar-refractivity contribution < 1.29 is 9.15 Å². The van der Waals surface area contributed by atoms with Crippen molar-refractivity contribution in [3.8, 4) is 5.75 Å². The van der Waals surface area contributed by atoms with E-state index in [1.807, 2.05) is 61.5 Å². The van der Waals surface area contributed by atoms with Gasteiger partial charge in [0.1, 0.15) is 17.6 Å². The molecule has 0 radical (unpaired) electrons. The van der Waals surface area contributed by atoms with E-state index < -0.39 is 0 Å². The molecule has 1 aromatic heterocycles. The quantitative estimate of drug-likeness (QED) is 0.703. The average molecular weight is 293 g/mol. The number of ether oxygens (including phenoxy) is 1. The molecule has 0 amide bonds. The second-order valence-corrected chi connectivity index (χ2v) is 4.93. The molecule has 0 aliphatic carbocycles. The maximum atomic E-state index is 5.70. The van der Waals surface area contributed by atoms with E-state index in [0.717, 1.165) is 22.8 Å². The second-order valence-electron chi connectivity index (χ2n) is 4.93. The zero-order chi connectivity index (χ0) is 15.2. The minimum atomic E-state index is -0.0576. The van der Waals surface area contributed by atoms with E-state index in [1.54, 1.807) is 6.26 Å². The van der Waals surface area contributed by atoms with E-state index in [0.29, 0.717) is 6.61 Å². The van der Waals surface area contributed by atoms with Crippen LogP contribution < -0.4 is 10.1 Å². The Labute approximate surface area is 130 Å². The Morgan fingerprint density at radius 2 is 1.73 bits per heavy atom. The molecule has 22 heavy (non-hydrogen) atoms. The summed E-state index contributed by atoms with van der Waals surface area (Å²) in [5.41, 5.74) is 2.10. The Morgan fingerprint density at radius 3 is 2.45 bits per heavy atom. The molecule has 112 valence electrons. The highest BCUT2D eigenvalue weighted by molar-refractivity contribution is 5.58. The lowest BCUT2D eigenvalue weighted by Gasteiger charge is -2.20. The molecule has 3 rings (SSSR count). The summed E-state index contributed by atoms with van der Waals surface area (Å²) < 4.78 is 11.3. The Hall–Kier alpha value is -2.68. The van der Waals surface area contributed by atoms with Gasteiger partial charge in [-0.05, 0) is 36.8 Å². The molecule has 0 aliphatic heterocycles. The number of hydrogen-bond acceptors (Lipinski definition) is 3. The van der Waals surface area contributed by atoms with Gasteiger partial charge in [0.05, 0.1) is 18.6 Å². The smallest absolute Gasteiger partial charge is 0.142 e. The number of nitrogens with one attached hydrogen (secondary N) is 1. The SMILES string of the molecule is CCOc1ccccc1NC(c1ccccc1)c1ccco1. The third kappa shape index (κ3) is 3.14. The van der Waals surface area contributed by atoms with Gasteiger partial charge in [0.2, 0.25) is 0 Å². The van der Waals surface area contributed by atoms with Gasteiger partial charge in [-0.3, -0.25) is 0 Å². The van der Waals surface area contributed by atoms with Gasteiger partial charge in [-0.25, -0.2) is 0 Å². The van der Waals surface area contributed by atoms with Crippen molar-refractivity contribution >= 4 is 5.69 Å². The van der Waals surface area contributed by atoms with Crippen molar-refractivity contribution in [3.05, 3.63) is 84.3 Å². The maximum Gasteiger partial charge on any atom is 0.142 e. The minimum Gasteiger partial charge on any atom is -0.492 e. The van der Waals surface area contributed by atoms with Crippen LogP contribution in [-0.2, 0) is 0 Å². The number of furan rings is 1. The van der Waals surface area contributed by atoms with Crippen molar-refractivity contribution in [1.82, 2.24) is 0 Å². The highest BCUT2D eigenvalue weighted by Crippen LogP contribution is 2.31. The van der Waals surface area contributed by atoms with E-state index in [1.165, 1.54) is 0 Å². The molecule has 0 saturated heterocycles. The van der Waals surface area contributed by atoms with Gasteiger partial charge in [0, 0.05) is 0 Å². The molecule has 3 heteroatoms. The van der Waals surface area contributed by atoms with Crippen molar-refractivity contribution in [1.29, 1.82) is 0 Å². The zero-order valence-electron chi connectivity index (χ0n) is 12.5. The summed E-state index contributed by atoms with van der Waals surface area (Å²) in [5, 5.41) is 3.53. The molecule has 1 unspecified atom stereocenters. The molecule has 0 aliphatic rings. The largest absolute Gasteiger partial charge is 0.492 e. The fourth-order valence-electron chi connectivity index (χ4n) is 2.44. The van der Waals surface area contributed by atoms with Crippen molar-refractivity contribution in [2.45, 2.75) is 13.0 Å². The van der Waals surface area contributed by atoms with Crippen LogP contribution in [0.3, 0.4) is 0 Å². The van der Waals surface area contributed by atoms with Gasteiger partial charge >= 0.3 is 0 Å². The van der Waals surface area contributed by atoms with E-state index in [2.05, 4.69) is 17.4 Å². The van der Waals surface area contributed by atoms with Gasteiger partial charge in [-0.2, -0.15) is 0 Å². The molecule has 0 spiro atoms. The molecule has 0 saturated carbocycles. The monoisotopic (exact) mass is 293 g/mol. The Morgan fingerprint density at radius 1 is 0.955 bits per heavy atom. The molecule has 0 fully saturated rings. The van der Waals surface area contributed by atoms with Crippen molar-refractivity contribution in [2.24, 2.45) is 0 Å². The molecule has 0 bridgehead atoms. The van der Waals surface area contributed by atoms with Crippen LogP contribution in [-0.4, -0.2) is 6.61 Å². The zero-order valence-corrected chi connectivity index (χ0v) is 12.5. The highest BCUT2D eigenvalue weighted by atomic mass is 16.5. The van der Waals surface area contributed by atoms with Crippen LogP contribution in [0.5, 0.6) is 5.75 Å². The molecular weight excluding hydrogens is 274 g/mol. The van der Waals surface area contributed by atoms with Crippen molar-refractivity contribution in [2.75, 3.05) is 11.9 Å². The van der Waals surface area contributed by atoms with E-state index in [4.69, 9.17) is 9.15 Å². The van der Waals surface area contributed by atoms with Crippen molar-refractivity contribution in [3.63, 3.8) is 0 Å². The number of benzene rings is 2. The Balaban J connectivity index is 1.95. The third-order valence-corrected chi connectivity index (χ3v) is 3.45. The summed E-state index contributed by atoms with van der Waals surface area (Å²) in [6.07, 6.45) is 1.70. The summed E-state index contributed by atoms with van der Waals surface area (Å²) in [4.78, 5) is 0. The minimum absolute atomic E-state index is 0.0576. The number of rotatable bonds is 6. The lowest BCUT2D eigenvalue weighted by molar-refractivity contribution is 0.341. The summed E-state index contributed by atoms with van der Waals surface area (Å²) in [6, 6.07) is 22.0. The van der Waals surface area contributed by atoms with Crippen LogP contribution in [0, 0.1) is 0 Å². The first kappa shape index (κ1) is 14.3. The topological polar surface area (TPSA) is 34.4 Å². The Kier molecular flexibility index (Phi) is 4.44. The van der Waals surface area contributed by atoms with Crippen LogP contribution in [0.4, 0.5) is 5.69 Å². The normalized spacial score (nSPS) is 11.9. The fraction of sp³-hybridized carbons (Fsp3) is 0.158. The predicted octanol–water partition coefficient (Wildman–Crippen LogP) is 4.88. The van der Waals surface area contributed by atoms with E-state index in [9.17, 15) is 0 Å². The number of para-hydroxylation sites is 2. The highest BCUT2D eigenvalue weighted by Gasteiger charge is 2.18. The summed E-state index contributed by atoms with van der Waals surface area (Å²) in [6.45, 7) is 2.62.